The van der Waals surface area contributed by atoms with Crippen molar-refractivity contribution in [2.75, 3.05) is 0 Å². The van der Waals surface area contributed by atoms with Crippen molar-refractivity contribution in [3.8, 4) is 0 Å². The van der Waals surface area contributed by atoms with E-state index >= 15 is 0 Å². The van der Waals surface area contributed by atoms with Crippen LogP contribution in [0, 0.1) is 5.92 Å². The van der Waals surface area contributed by atoms with Gasteiger partial charge in [0, 0.05) is 6.54 Å². The number of carbonyl (C=O) groups is 1. The first kappa shape index (κ1) is 13.4. The largest absolute Gasteiger partial charge is 0.477 e. The Hall–Kier alpha value is -1.65. The normalized spacial score (nSPS) is 10.8. The average Bonchev–Trinajstić information content (AvgIpc) is 2.25. The summed E-state index contributed by atoms with van der Waals surface area (Å²) in [6.07, 6.45) is 2.77. The number of nitrogens with zero attached hydrogens (tertiary/aromatic N) is 2. The summed E-state index contributed by atoms with van der Waals surface area (Å²) in [7, 11) is 0. The van der Waals surface area contributed by atoms with E-state index in [1.165, 1.54) is 10.9 Å². The highest BCUT2D eigenvalue weighted by Gasteiger charge is 2.17. The van der Waals surface area contributed by atoms with Crippen LogP contribution in [0.25, 0.3) is 0 Å². The van der Waals surface area contributed by atoms with Crippen LogP contribution in [0.2, 0.25) is 0 Å². The van der Waals surface area contributed by atoms with Crippen LogP contribution < -0.4 is 5.56 Å². The number of carboxylic acid groups (broad SMARTS) is 1. The van der Waals surface area contributed by atoms with E-state index in [4.69, 9.17) is 5.11 Å². The van der Waals surface area contributed by atoms with Gasteiger partial charge in [0.25, 0.3) is 5.56 Å². The minimum absolute atomic E-state index is 0.185. The summed E-state index contributed by atoms with van der Waals surface area (Å²) in [6, 6.07) is 0. The minimum Gasteiger partial charge on any atom is -0.477 e. The van der Waals surface area contributed by atoms with Gasteiger partial charge < -0.3 is 5.11 Å². The number of hydrogen-bond acceptors (Lipinski definition) is 3. The van der Waals surface area contributed by atoms with Crippen LogP contribution in [0.4, 0.5) is 0 Å². The fourth-order valence-corrected chi connectivity index (χ4v) is 1.58. The maximum atomic E-state index is 11.8. The topological polar surface area (TPSA) is 72.2 Å². The fourth-order valence-electron chi connectivity index (χ4n) is 1.58. The monoisotopic (exact) mass is 238 g/mol. The molecule has 94 valence electrons. The summed E-state index contributed by atoms with van der Waals surface area (Å²) in [4.78, 5) is 27.0. The Kier molecular flexibility index (Phi) is 4.43. The summed E-state index contributed by atoms with van der Waals surface area (Å²) in [5.41, 5.74) is -0.260. The van der Waals surface area contributed by atoms with Gasteiger partial charge in [-0.05, 0) is 25.7 Å². The van der Waals surface area contributed by atoms with E-state index < -0.39 is 11.5 Å². The highest BCUT2D eigenvalue weighted by molar-refractivity contribution is 5.88. The maximum Gasteiger partial charge on any atom is 0.343 e. The van der Waals surface area contributed by atoms with Crippen LogP contribution >= 0.6 is 0 Å². The van der Waals surface area contributed by atoms with E-state index in [1.54, 1.807) is 6.92 Å². The van der Waals surface area contributed by atoms with Gasteiger partial charge in [-0.2, -0.15) is 0 Å². The van der Waals surface area contributed by atoms with Crippen LogP contribution in [0.3, 0.4) is 0 Å². The molecule has 0 aliphatic rings. The number of rotatable bonds is 5. The third-order valence-electron chi connectivity index (χ3n) is 2.63. The molecule has 0 spiro atoms. The SMILES string of the molecule is CCn1cnc(CCC(C)C)c(C(=O)O)c1=O. The Labute approximate surface area is 100 Å². The molecule has 1 heterocycles. The van der Waals surface area contributed by atoms with E-state index in [1.807, 2.05) is 13.8 Å². The zero-order valence-electron chi connectivity index (χ0n) is 10.4. The summed E-state index contributed by atoms with van der Waals surface area (Å²) >= 11 is 0. The van der Waals surface area contributed by atoms with E-state index in [-0.39, 0.29) is 5.56 Å². The molecule has 5 nitrogen and oxygen atoms in total. The van der Waals surface area contributed by atoms with Crippen molar-refractivity contribution in [2.45, 2.75) is 40.2 Å². The van der Waals surface area contributed by atoms with Gasteiger partial charge in [-0.15, -0.1) is 0 Å². The second kappa shape index (κ2) is 5.61. The Balaban J connectivity index is 3.18. The van der Waals surface area contributed by atoms with E-state index in [2.05, 4.69) is 4.98 Å². The van der Waals surface area contributed by atoms with Gasteiger partial charge in [-0.1, -0.05) is 13.8 Å². The zero-order valence-corrected chi connectivity index (χ0v) is 10.4. The summed E-state index contributed by atoms with van der Waals surface area (Å²) in [5.74, 6) is -0.740. The number of hydrogen-bond donors (Lipinski definition) is 1. The van der Waals surface area contributed by atoms with E-state index in [9.17, 15) is 9.59 Å². The first-order chi connectivity index (χ1) is 7.97. The number of carboxylic acids is 1. The lowest BCUT2D eigenvalue weighted by molar-refractivity contribution is 0.0692. The molecule has 17 heavy (non-hydrogen) atoms. The maximum absolute atomic E-state index is 11.8. The summed E-state index contributed by atoms with van der Waals surface area (Å²) in [6.45, 7) is 6.31. The molecular formula is C12H18N2O3. The van der Waals surface area contributed by atoms with Crippen molar-refractivity contribution >= 4 is 5.97 Å². The van der Waals surface area contributed by atoms with Gasteiger partial charge in [-0.25, -0.2) is 9.78 Å². The van der Waals surface area contributed by atoms with Crippen molar-refractivity contribution in [1.29, 1.82) is 0 Å². The van der Waals surface area contributed by atoms with Crippen molar-refractivity contribution < 1.29 is 9.90 Å². The second-order valence-electron chi connectivity index (χ2n) is 4.40. The average molecular weight is 238 g/mol. The van der Waals surface area contributed by atoms with Crippen LogP contribution in [0.5, 0.6) is 0 Å². The highest BCUT2D eigenvalue weighted by Crippen LogP contribution is 2.09. The molecule has 0 amide bonds. The molecule has 1 aromatic rings. The van der Waals surface area contributed by atoms with Gasteiger partial charge in [-0.3, -0.25) is 9.36 Å². The molecule has 0 saturated carbocycles. The smallest absolute Gasteiger partial charge is 0.343 e. The van der Waals surface area contributed by atoms with Gasteiger partial charge >= 0.3 is 5.97 Å². The highest BCUT2D eigenvalue weighted by atomic mass is 16.4. The van der Waals surface area contributed by atoms with Crippen molar-refractivity contribution in [3.05, 3.63) is 27.9 Å². The molecule has 0 unspecified atom stereocenters. The molecule has 1 aromatic heterocycles. The summed E-state index contributed by atoms with van der Waals surface area (Å²) < 4.78 is 1.31. The Morgan fingerprint density at radius 3 is 2.65 bits per heavy atom. The molecule has 5 heteroatoms. The number of aromatic nitrogens is 2. The van der Waals surface area contributed by atoms with Crippen LogP contribution in [0.1, 0.15) is 43.2 Å². The minimum atomic E-state index is -1.19. The predicted octanol–water partition coefficient (Wildman–Crippen LogP) is 1.55. The van der Waals surface area contributed by atoms with Gasteiger partial charge in [0.2, 0.25) is 0 Å². The van der Waals surface area contributed by atoms with Crippen LogP contribution in [-0.4, -0.2) is 20.6 Å². The predicted molar refractivity (Wildman–Crippen MR) is 64.3 cm³/mol. The zero-order chi connectivity index (χ0) is 13.0. The van der Waals surface area contributed by atoms with E-state index in [0.29, 0.717) is 24.6 Å². The Morgan fingerprint density at radius 1 is 1.53 bits per heavy atom. The molecule has 0 atom stereocenters. The van der Waals surface area contributed by atoms with Gasteiger partial charge in [0.1, 0.15) is 5.56 Å². The molecule has 0 saturated heterocycles. The van der Waals surface area contributed by atoms with Crippen molar-refractivity contribution in [3.63, 3.8) is 0 Å². The number of aromatic carboxylic acids is 1. The van der Waals surface area contributed by atoms with Gasteiger partial charge in [0.15, 0.2) is 0 Å². The lowest BCUT2D eigenvalue weighted by Crippen LogP contribution is -2.28. The molecule has 0 bridgehead atoms. The first-order valence-electron chi connectivity index (χ1n) is 5.79. The standard InChI is InChI=1S/C12H18N2O3/c1-4-14-7-13-9(6-5-8(2)3)10(11(14)15)12(16)17/h7-8H,4-6H2,1-3H3,(H,16,17). The van der Waals surface area contributed by atoms with Crippen LogP contribution in [0.15, 0.2) is 11.1 Å². The fraction of sp³-hybridized carbons (Fsp3) is 0.583. The number of aryl methyl sites for hydroxylation is 2. The molecule has 0 radical (unpaired) electrons. The van der Waals surface area contributed by atoms with Crippen molar-refractivity contribution in [1.82, 2.24) is 9.55 Å². The molecule has 0 aliphatic heterocycles. The lowest BCUT2D eigenvalue weighted by Gasteiger charge is -2.09. The molecule has 0 fully saturated rings. The third kappa shape index (κ3) is 3.15. The molecule has 1 N–H and O–H groups in total. The van der Waals surface area contributed by atoms with Crippen molar-refractivity contribution in [2.24, 2.45) is 5.92 Å². The third-order valence-corrected chi connectivity index (χ3v) is 2.63. The molecule has 0 aliphatic carbocycles. The summed E-state index contributed by atoms with van der Waals surface area (Å²) in [5, 5.41) is 9.08. The molecular weight excluding hydrogens is 220 g/mol. The first-order valence-corrected chi connectivity index (χ1v) is 5.79. The lowest BCUT2D eigenvalue weighted by atomic mass is 10.0. The van der Waals surface area contributed by atoms with Crippen LogP contribution in [-0.2, 0) is 13.0 Å². The van der Waals surface area contributed by atoms with Gasteiger partial charge in [0.05, 0.1) is 12.0 Å². The molecule has 0 aromatic carbocycles. The second-order valence-corrected chi connectivity index (χ2v) is 4.40. The van der Waals surface area contributed by atoms with E-state index in [0.717, 1.165) is 6.42 Å². The quantitative estimate of drug-likeness (QED) is 0.844. The Bertz CT molecular complexity index is 463. The Morgan fingerprint density at radius 2 is 2.18 bits per heavy atom. The molecule has 1 rings (SSSR count).